The van der Waals surface area contributed by atoms with Crippen LogP contribution in [-0.2, 0) is 4.79 Å². The molecule has 0 bridgehead atoms. The van der Waals surface area contributed by atoms with Gasteiger partial charge in [0.1, 0.15) is 22.7 Å². The lowest BCUT2D eigenvalue weighted by atomic mass is 9.85. The zero-order chi connectivity index (χ0) is 25.8. The molecule has 0 aliphatic heterocycles. The minimum Gasteiger partial charge on any atom is -0.336 e. The molecule has 38 heavy (non-hydrogen) atoms. The Bertz CT molecular complexity index is 1850. The van der Waals surface area contributed by atoms with Crippen LogP contribution in [0.25, 0.3) is 55.2 Å². The number of nitrogens with one attached hydrogen (secondary N) is 3. The van der Waals surface area contributed by atoms with Gasteiger partial charge in [0.05, 0.1) is 27.8 Å². The van der Waals surface area contributed by atoms with Gasteiger partial charge in [0, 0.05) is 40.9 Å². The molecule has 3 N–H and O–H groups in total. The molecule has 5 heterocycles. The fourth-order valence-electron chi connectivity index (χ4n) is 4.68. The van der Waals surface area contributed by atoms with Crippen molar-refractivity contribution in [3.8, 4) is 33.2 Å². The van der Waals surface area contributed by atoms with E-state index in [1.165, 1.54) is 12.1 Å². The summed E-state index contributed by atoms with van der Waals surface area (Å²) in [4.78, 5) is 29.7. The molecular formula is C27H19F2N7OS. The Morgan fingerprint density at radius 1 is 1.05 bits per heavy atom. The van der Waals surface area contributed by atoms with Gasteiger partial charge in [-0.05, 0) is 43.2 Å². The summed E-state index contributed by atoms with van der Waals surface area (Å²) in [5.74, 6) is 0.00776. The molecule has 1 aliphatic rings. The van der Waals surface area contributed by atoms with Crippen molar-refractivity contribution in [2.45, 2.75) is 19.3 Å². The third kappa shape index (κ3) is 3.82. The van der Waals surface area contributed by atoms with Gasteiger partial charge in [-0.25, -0.2) is 9.37 Å². The number of nitrogens with zero attached hydrogens (tertiary/aromatic N) is 4. The number of benzene rings is 1. The molecule has 0 unspecified atom stereocenters. The molecule has 11 heteroatoms. The molecule has 0 spiro atoms. The minimum atomic E-state index is -0.451. The SMILES string of the molecule is O=C(Nc1cncc(-c2cc3c(-c4nc5c(-c6ccc(F)s6)nccc5[nH]4)n[nH]c3cc2F)c1)C1CCC1. The summed E-state index contributed by atoms with van der Waals surface area (Å²) in [6, 6.07) is 9.64. The average molecular weight is 528 g/mol. The number of carbonyl (C=O) groups is 1. The standard InChI is InChI=1S/C27H19F2N7OS/c28-18-10-20-17(9-16(18)14-8-15(12-30-11-14)32-27(37)13-2-1-3-13)23(36-35-20)26-33-19-6-7-31-25(24(19)34-26)21-4-5-22(29)38-21/h4-13H,1-3H2,(H,32,37)(H,33,34)(H,35,36). The lowest BCUT2D eigenvalue weighted by Gasteiger charge is -2.24. The maximum Gasteiger partial charge on any atom is 0.227 e. The zero-order valence-electron chi connectivity index (χ0n) is 19.8. The summed E-state index contributed by atoms with van der Waals surface area (Å²) in [5, 5.41) is 10.5. The third-order valence-corrected chi connectivity index (χ3v) is 7.76. The molecule has 5 aromatic heterocycles. The molecule has 188 valence electrons. The second-order valence-electron chi connectivity index (χ2n) is 9.27. The predicted molar refractivity (Wildman–Crippen MR) is 141 cm³/mol. The van der Waals surface area contributed by atoms with E-state index in [0.717, 1.165) is 36.1 Å². The molecule has 0 atom stereocenters. The van der Waals surface area contributed by atoms with Gasteiger partial charge in [-0.1, -0.05) is 6.42 Å². The Hall–Kier alpha value is -4.51. The van der Waals surface area contributed by atoms with Crippen molar-refractivity contribution in [2.75, 3.05) is 5.32 Å². The minimum absolute atomic E-state index is 0.0265. The molecule has 1 fully saturated rings. The van der Waals surface area contributed by atoms with Crippen LogP contribution in [0.1, 0.15) is 19.3 Å². The van der Waals surface area contributed by atoms with E-state index in [2.05, 4.69) is 30.5 Å². The number of aromatic amines is 2. The van der Waals surface area contributed by atoms with Crippen LogP contribution in [-0.4, -0.2) is 36.0 Å². The summed E-state index contributed by atoms with van der Waals surface area (Å²) in [5.41, 5.74) is 4.24. The summed E-state index contributed by atoms with van der Waals surface area (Å²) < 4.78 is 28.8. The first kappa shape index (κ1) is 22.7. The van der Waals surface area contributed by atoms with Crippen LogP contribution < -0.4 is 5.32 Å². The Labute approximate surface area is 218 Å². The fraction of sp³-hybridized carbons (Fsp3) is 0.148. The van der Waals surface area contributed by atoms with E-state index in [-0.39, 0.29) is 17.0 Å². The molecule has 7 rings (SSSR count). The van der Waals surface area contributed by atoms with Gasteiger partial charge in [-0.3, -0.25) is 19.9 Å². The Balaban J connectivity index is 1.29. The maximum atomic E-state index is 15.2. The Morgan fingerprint density at radius 2 is 1.95 bits per heavy atom. The molecule has 1 saturated carbocycles. The van der Waals surface area contributed by atoms with E-state index in [1.54, 1.807) is 42.9 Å². The number of fused-ring (bicyclic) bond motifs is 2. The van der Waals surface area contributed by atoms with Gasteiger partial charge >= 0.3 is 0 Å². The first-order valence-electron chi connectivity index (χ1n) is 12.1. The highest BCUT2D eigenvalue weighted by atomic mass is 32.1. The summed E-state index contributed by atoms with van der Waals surface area (Å²) in [6.07, 6.45) is 7.58. The van der Waals surface area contributed by atoms with Crippen molar-refractivity contribution < 1.29 is 13.6 Å². The monoisotopic (exact) mass is 527 g/mol. The zero-order valence-corrected chi connectivity index (χ0v) is 20.6. The number of pyridine rings is 2. The number of rotatable bonds is 5. The van der Waals surface area contributed by atoms with Crippen LogP contribution >= 0.6 is 11.3 Å². The van der Waals surface area contributed by atoms with Crippen molar-refractivity contribution in [3.63, 3.8) is 0 Å². The molecule has 8 nitrogen and oxygen atoms in total. The van der Waals surface area contributed by atoms with E-state index < -0.39 is 5.82 Å². The van der Waals surface area contributed by atoms with Crippen LogP contribution in [0.4, 0.5) is 14.5 Å². The number of anilines is 1. The molecule has 0 saturated heterocycles. The number of imidazole rings is 1. The van der Waals surface area contributed by atoms with Gasteiger partial charge in [-0.2, -0.15) is 9.49 Å². The highest BCUT2D eigenvalue weighted by Gasteiger charge is 2.25. The molecule has 1 amide bonds. The quantitative estimate of drug-likeness (QED) is 0.243. The van der Waals surface area contributed by atoms with Crippen LogP contribution in [0, 0.1) is 16.9 Å². The third-order valence-electron chi connectivity index (χ3n) is 6.88. The summed E-state index contributed by atoms with van der Waals surface area (Å²) in [7, 11) is 0. The number of amides is 1. The van der Waals surface area contributed by atoms with Gasteiger partial charge in [0.15, 0.2) is 11.0 Å². The largest absolute Gasteiger partial charge is 0.336 e. The molecular weight excluding hydrogens is 508 g/mol. The summed E-state index contributed by atoms with van der Waals surface area (Å²) in [6.45, 7) is 0. The second kappa shape index (κ2) is 8.80. The van der Waals surface area contributed by atoms with Crippen LogP contribution in [0.5, 0.6) is 0 Å². The van der Waals surface area contributed by atoms with Crippen LogP contribution in [0.15, 0.2) is 55.0 Å². The van der Waals surface area contributed by atoms with E-state index in [1.807, 2.05) is 0 Å². The molecule has 1 aromatic carbocycles. The van der Waals surface area contributed by atoms with E-state index in [4.69, 9.17) is 4.98 Å². The molecule has 0 radical (unpaired) electrons. The highest BCUT2D eigenvalue weighted by Crippen LogP contribution is 2.35. The second-order valence-corrected chi connectivity index (χ2v) is 10.3. The van der Waals surface area contributed by atoms with Crippen molar-refractivity contribution in [1.82, 2.24) is 30.1 Å². The van der Waals surface area contributed by atoms with Crippen LogP contribution in [0.3, 0.4) is 0 Å². The highest BCUT2D eigenvalue weighted by molar-refractivity contribution is 7.13. The lowest BCUT2D eigenvalue weighted by molar-refractivity contribution is -0.122. The van der Waals surface area contributed by atoms with Gasteiger partial charge in [0.2, 0.25) is 5.91 Å². The van der Waals surface area contributed by atoms with Crippen molar-refractivity contribution in [1.29, 1.82) is 0 Å². The first-order chi connectivity index (χ1) is 18.5. The number of thiophene rings is 1. The lowest BCUT2D eigenvalue weighted by Crippen LogP contribution is -2.28. The molecule has 1 aliphatic carbocycles. The number of hydrogen-bond donors (Lipinski definition) is 3. The van der Waals surface area contributed by atoms with Gasteiger partial charge < -0.3 is 10.3 Å². The number of aromatic nitrogens is 6. The number of halogens is 2. The van der Waals surface area contributed by atoms with E-state index in [9.17, 15) is 9.18 Å². The number of carbonyl (C=O) groups excluding carboxylic acids is 1. The Kier molecular flexibility index (Phi) is 5.25. The number of hydrogen-bond acceptors (Lipinski definition) is 6. The van der Waals surface area contributed by atoms with Crippen molar-refractivity contribution in [3.05, 3.63) is 65.9 Å². The first-order valence-corrected chi connectivity index (χ1v) is 12.9. The van der Waals surface area contributed by atoms with Crippen LogP contribution in [0.2, 0.25) is 0 Å². The number of H-pyrrole nitrogens is 2. The van der Waals surface area contributed by atoms with E-state index in [0.29, 0.717) is 55.3 Å². The van der Waals surface area contributed by atoms with Gasteiger partial charge in [0.25, 0.3) is 0 Å². The van der Waals surface area contributed by atoms with E-state index >= 15 is 4.39 Å². The van der Waals surface area contributed by atoms with Crippen molar-refractivity contribution in [2.24, 2.45) is 5.92 Å². The molecule has 6 aromatic rings. The summed E-state index contributed by atoms with van der Waals surface area (Å²) >= 11 is 0.998. The van der Waals surface area contributed by atoms with Gasteiger partial charge in [-0.15, -0.1) is 11.3 Å². The van der Waals surface area contributed by atoms with Crippen molar-refractivity contribution >= 4 is 44.9 Å². The normalized spacial score (nSPS) is 13.7. The fourth-order valence-corrected chi connectivity index (χ4v) is 5.41. The topological polar surface area (TPSA) is 112 Å². The predicted octanol–water partition coefficient (Wildman–Crippen LogP) is 6.31. The Morgan fingerprint density at radius 3 is 2.74 bits per heavy atom. The maximum absolute atomic E-state index is 15.2. The smallest absolute Gasteiger partial charge is 0.227 e. The average Bonchev–Trinajstić information content (AvgIpc) is 3.59.